The minimum atomic E-state index is -0.446. The summed E-state index contributed by atoms with van der Waals surface area (Å²) in [5, 5.41) is 0. The molecule has 2 bridgehead atoms. The number of piperidine rings is 1. The summed E-state index contributed by atoms with van der Waals surface area (Å²) in [6.07, 6.45) is 5.15. The van der Waals surface area contributed by atoms with Crippen LogP contribution in [-0.4, -0.2) is 50.6 Å². The van der Waals surface area contributed by atoms with Crippen molar-refractivity contribution in [1.29, 1.82) is 0 Å². The predicted octanol–water partition coefficient (Wildman–Crippen LogP) is 4.53. The van der Waals surface area contributed by atoms with E-state index in [-0.39, 0.29) is 5.41 Å². The summed E-state index contributed by atoms with van der Waals surface area (Å²) < 4.78 is 25.0. The minimum absolute atomic E-state index is 0.0218. The van der Waals surface area contributed by atoms with Crippen LogP contribution in [0.2, 0.25) is 0 Å². The van der Waals surface area contributed by atoms with E-state index in [0.717, 1.165) is 55.9 Å². The van der Waals surface area contributed by atoms with Gasteiger partial charge in [0.25, 0.3) is 0 Å². The molecule has 3 atom stereocenters. The lowest BCUT2D eigenvalue weighted by Crippen LogP contribution is -2.63. The summed E-state index contributed by atoms with van der Waals surface area (Å²) in [5.41, 5.74) is 2.70. The quantitative estimate of drug-likeness (QED) is 0.728. The first-order valence-corrected chi connectivity index (χ1v) is 11.6. The molecule has 2 aromatic carbocycles. The van der Waals surface area contributed by atoms with E-state index in [4.69, 9.17) is 18.9 Å². The van der Waals surface area contributed by atoms with Crippen molar-refractivity contribution in [1.82, 2.24) is 4.90 Å². The third-order valence-electron chi connectivity index (χ3n) is 8.20. The Labute approximate surface area is 184 Å². The molecule has 164 valence electrons. The van der Waals surface area contributed by atoms with Crippen LogP contribution < -0.4 is 9.47 Å². The molecule has 0 radical (unpaired) electrons. The number of likely N-dealkylation sites (N-methyl/N-ethyl adjacent to an activating group) is 1. The van der Waals surface area contributed by atoms with Crippen molar-refractivity contribution < 1.29 is 18.9 Å². The minimum Gasteiger partial charge on any atom is -0.493 e. The summed E-state index contributed by atoms with van der Waals surface area (Å²) in [7, 11) is 4.03. The van der Waals surface area contributed by atoms with Crippen LogP contribution in [0.25, 0.3) is 0 Å². The van der Waals surface area contributed by atoms with Gasteiger partial charge in [-0.05, 0) is 62.5 Å². The maximum Gasteiger partial charge on any atom is 0.173 e. The van der Waals surface area contributed by atoms with Crippen LogP contribution >= 0.6 is 0 Å². The first-order chi connectivity index (χ1) is 15.1. The molecule has 0 aromatic heterocycles. The lowest BCUT2D eigenvalue weighted by Gasteiger charge is -2.61. The number of benzene rings is 2. The first-order valence-electron chi connectivity index (χ1n) is 11.6. The molecular formula is C26H31NO4. The van der Waals surface area contributed by atoms with Gasteiger partial charge in [-0.2, -0.15) is 0 Å². The largest absolute Gasteiger partial charge is 0.493 e. The zero-order chi connectivity index (χ0) is 21.1. The van der Waals surface area contributed by atoms with Crippen molar-refractivity contribution in [2.24, 2.45) is 5.92 Å². The van der Waals surface area contributed by atoms with Gasteiger partial charge in [0.1, 0.15) is 5.75 Å². The Kier molecular flexibility index (Phi) is 4.57. The van der Waals surface area contributed by atoms with E-state index in [1.165, 1.54) is 11.1 Å². The SMILES string of the molecule is COc1ccc2c(c1Oc1ccccc1)[C@]13CCN(C)C(C2)[C@@H]1CCC1(C3)OCCO1. The van der Waals surface area contributed by atoms with Crippen molar-refractivity contribution >= 4 is 0 Å². The maximum atomic E-state index is 6.59. The molecule has 5 heteroatoms. The summed E-state index contributed by atoms with van der Waals surface area (Å²) in [4.78, 5) is 2.57. The molecule has 2 aliphatic heterocycles. The first kappa shape index (κ1) is 19.6. The average Bonchev–Trinajstić information content (AvgIpc) is 3.24. The second-order valence-electron chi connectivity index (χ2n) is 9.63. The van der Waals surface area contributed by atoms with Crippen LogP contribution in [0.15, 0.2) is 42.5 Å². The van der Waals surface area contributed by atoms with Crippen molar-refractivity contribution in [3.05, 3.63) is 53.6 Å². The normalized spacial score (nSPS) is 31.2. The van der Waals surface area contributed by atoms with Crippen LogP contribution in [-0.2, 0) is 21.3 Å². The van der Waals surface area contributed by atoms with E-state index in [9.17, 15) is 0 Å². The van der Waals surface area contributed by atoms with Crippen LogP contribution in [0.1, 0.15) is 36.8 Å². The molecule has 0 N–H and O–H groups in total. The van der Waals surface area contributed by atoms with Gasteiger partial charge < -0.3 is 23.8 Å². The average molecular weight is 422 g/mol. The zero-order valence-corrected chi connectivity index (χ0v) is 18.4. The molecule has 2 aromatic rings. The van der Waals surface area contributed by atoms with Gasteiger partial charge in [-0.15, -0.1) is 0 Å². The van der Waals surface area contributed by atoms with E-state index >= 15 is 0 Å². The molecule has 4 aliphatic rings. The Morgan fingerprint density at radius 2 is 1.84 bits per heavy atom. The summed E-state index contributed by atoms with van der Waals surface area (Å²) in [6.45, 7) is 2.48. The third kappa shape index (κ3) is 2.94. The summed E-state index contributed by atoms with van der Waals surface area (Å²) >= 11 is 0. The molecule has 31 heavy (non-hydrogen) atoms. The Bertz CT molecular complexity index is 971. The third-order valence-corrected chi connectivity index (χ3v) is 8.20. The Hall–Kier alpha value is -2.08. The fourth-order valence-electron chi connectivity index (χ4n) is 6.89. The van der Waals surface area contributed by atoms with Gasteiger partial charge >= 0.3 is 0 Å². The van der Waals surface area contributed by atoms with Crippen molar-refractivity contribution in [3.63, 3.8) is 0 Å². The van der Waals surface area contributed by atoms with Gasteiger partial charge in [-0.3, -0.25) is 0 Å². The van der Waals surface area contributed by atoms with Crippen molar-refractivity contribution in [3.8, 4) is 17.2 Å². The van der Waals surface area contributed by atoms with E-state index in [2.05, 4.69) is 24.1 Å². The summed E-state index contributed by atoms with van der Waals surface area (Å²) in [6, 6.07) is 15.0. The molecule has 0 amide bonds. The predicted molar refractivity (Wildman–Crippen MR) is 118 cm³/mol. The fourth-order valence-corrected chi connectivity index (χ4v) is 6.89. The molecule has 2 aliphatic carbocycles. The van der Waals surface area contributed by atoms with Crippen LogP contribution in [0.5, 0.6) is 17.2 Å². The standard InChI is InChI=1S/C26H31NO4/c1-27-13-12-25-17-26(29-14-15-30-26)11-10-20(25)21(27)16-18-8-9-22(28-2)24(23(18)25)31-19-6-4-3-5-7-19/h3-9,20-21H,10-17H2,1-2H3/t20-,21?,25-/m0/s1. The van der Waals surface area contributed by atoms with E-state index in [1.807, 2.05) is 30.3 Å². The Morgan fingerprint density at radius 3 is 2.61 bits per heavy atom. The number of ether oxygens (including phenoxy) is 4. The van der Waals surface area contributed by atoms with E-state index < -0.39 is 5.79 Å². The molecule has 1 unspecified atom stereocenters. The lowest BCUT2D eigenvalue weighted by molar-refractivity contribution is -0.213. The molecule has 1 spiro atoms. The van der Waals surface area contributed by atoms with Gasteiger partial charge in [0.2, 0.25) is 0 Å². The van der Waals surface area contributed by atoms with Gasteiger partial charge in [0, 0.05) is 29.9 Å². The number of hydrogen-bond donors (Lipinski definition) is 0. The number of likely N-dealkylation sites (tertiary alicyclic amines) is 1. The molecule has 2 heterocycles. The molecule has 5 nitrogen and oxygen atoms in total. The highest BCUT2D eigenvalue weighted by molar-refractivity contribution is 5.58. The van der Waals surface area contributed by atoms with Gasteiger partial charge in [-0.25, -0.2) is 0 Å². The van der Waals surface area contributed by atoms with Gasteiger partial charge in [0.15, 0.2) is 17.3 Å². The number of para-hydroxylation sites is 1. The number of fused-ring (bicyclic) bond motifs is 1. The van der Waals surface area contributed by atoms with E-state index in [1.54, 1.807) is 7.11 Å². The molecule has 3 fully saturated rings. The zero-order valence-electron chi connectivity index (χ0n) is 18.4. The van der Waals surface area contributed by atoms with Gasteiger partial charge in [0.05, 0.1) is 20.3 Å². The Morgan fingerprint density at radius 1 is 1.03 bits per heavy atom. The van der Waals surface area contributed by atoms with Crippen LogP contribution in [0.4, 0.5) is 0 Å². The topological polar surface area (TPSA) is 40.2 Å². The number of methoxy groups -OCH3 is 1. The number of rotatable bonds is 3. The van der Waals surface area contributed by atoms with Crippen LogP contribution in [0, 0.1) is 5.92 Å². The van der Waals surface area contributed by atoms with Crippen molar-refractivity contribution in [2.45, 2.75) is 49.3 Å². The molecule has 6 rings (SSSR count). The highest BCUT2D eigenvalue weighted by atomic mass is 16.7. The molecule has 2 saturated heterocycles. The highest BCUT2D eigenvalue weighted by Gasteiger charge is 2.61. The monoisotopic (exact) mass is 421 g/mol. The maximum absolute atomic E-state index is 6.59. The smallest absolute Gasteiger partial charge is 0.173 e. The second kappa shape index (κ2) is 7.22. The van der Waals surface area contributed by atoms with Gasteiger partial charge in [-0.1, -0.05) is 24.3 Å². The number of nitrogens with zero attached hydrogens (tertiary/aromatic N) is 1. The molecule has 1 saturated carbocycles. The van der Waals surface area contributed by atoms with Crippen LogP contribution in [0.3, 0.4) is 0 Å². The second-order valence-corrected chi connectivity index (χ2v) is 9.63. The molecular weight excluding hydrogens is 390 g/mol. The fraction of sp³-hybridized carbons (Fsp3) is 0.538. The lowest BCUT2D eigenvalue weighted by atomic mass is 9.51. The highest BCUT2D eigenvalue weighted by Crippen LogP contribution is 2.62. The van der Waals surface area contributed by atoms with E-state index in [0.29, 0.717) is 25.2 Å². The number of hydrogen-bond acceptors (Lipinski definition) is 5. The van der Waals surface area contributed by atoms with Crippen molar-refractivity contribution in [2.75, 3.05) is 33.9 Å². The summed E-state index contributed by atoms with van der Waals surface area (Å²) in [5.74, 6) is 2.66. The Balaban J connectivity index is 1.54.